The molecule has 0 radical (unpaired) electrons. The van der Waals surface area contributed by atoms with E-state index >= 15 is 0 Å². The third-order valence-electron chi connectivity index (χ3n) is 5.08. The Bertz CT molecular complexity index is 701. The molecular weight excluding hydrogens is 366 g/mol. The van der Waals surface area contributed by atoms with Crippen molar-refractivity contribution in [3.05, 3.63) is 59.7 Å². The number of aliphatic hydroxyl groups excluding tert-OH is 1. The number of carboxylic acid groups (broad SMARTS) is 1. The molecule has 3 rings (SSSR count). The van der Waals surface area contributed by atoms with E-state index in [1.807, 2.05) is 12.1 Å². The van der Waals surface area contributed by atoms with Crippen LogP contribution in [0.3, 0.4) is 0 Å². The predicted molar refractivity (Wildman–Crippen MR) is 106 cm³/mol. The van der Waals surface area contributed by atoms with Gasteiger partial charge in [0.05, 0.1) is 38.6 Å². The zero-order valence-electron chi connectivity index (χ0n) is 16.1. The lowest BCUT2D eigenvalue weighted by Crippen LogP contribution is -2.45. The first-order valence-corrected chi connectivity index (χ1v) is 8.96. The molecule has 2 aromatic rings. The molecule has 1 heterocycles. The third kappa shape index (κ3) is 5.45. The van der Waals surface area contributed by atoms with E-state index in [0.717, 1.165) is 24.1 Å². The average Bonchev–Trinajstić information content (AvgIpc) is 2.66. The van der Waals surface area contributed by atoms with Crippen LogP contribution in [0.25, 0.3) is 0 Å². The molecule has 1 aliphatic rings. The summed E-state index contributed by atoms with van der Waals surface area (Å²) in [6.45, 7) is 7.71. The van der Waals surface area contributed by atoms with Crippen LogP contribution in [0.15, 0.2) is 48.5 Å². The Hall–Kier alpha value is -2.08. The normalized spacial score (nSPS) is 12.4. The van der Waals surface area contributed by atoms with Crippen LogP contribution in [0.1, 0.15) is 30.9 Å². The minimum Gasteiger partial charge on any atom is -0.549 e. The first kappa shape index (κ1) is 23.0. The Kier molecular flexibility index (Phi) is 8.76. The van der Waals surface area contributed by atoms with Gasteiger partial charge in [-0.1, -0.05) is 36.4 Å². The van der Waals surface area contributed by atoms with Crippen molar-refractivity contribution >= 4 is 18.4 Å². The van der Waals surface area contributed by atoms with Crippen LogP contribution in [0, 0.1) is 0 Å². The second-order valence-electron chi connectivity index (χ2n) is 6.63. The summed E-state index contributed by atoms with van der Waals surface area (Å²) < 4.78 is 6.65. The van der Waals surface area contributed by atoms with Gasteiger partial charge in [0.25, 0.3) is 0 Å². The molecular formula is C21H28ClNO4. The highest BCUT2D eigenvalue weighted by atomic mass is 35.5. The van der Waals surface area contributed by atoms with Gasteiger partial charge >= 0.3 is 0 Å². The molecule has 6 heteroatoms. The van der Waals surface area contributed by atoms with Gasteiger partial charge in [-0.05, 0) is 26.0 Å². The van der Waals surface area contributed by atoms with Crippen molar-refractivity contribution in [1.29, 1.82) is 0 Å². The molecule has 0 atom stereocenters. The summed E-state index contributed by atoms with van der Waals surface area (Å²) in [5, 5.41) is 20.0. The van der Waals surface area contributed by atoms with Gasteiger partial charge < -0.3 is 24.2 Å². The average molecular weight is 394 g/mol. The van der Waals surface area contributed by atoms with Gasteiger partial charge in [-0.2, -0.15) is 0 Å². The minimum absolute atomic E-state index is 0. The standard InChI is InChI=1S/C14H10O3.C7H18NO.ClH/c15-14(16)13-9-5-1-3-7-11(9)17-12-8-4-2-6-10(12)13;1-4-8(3,5-2)6-7-9;/h1-8,13H,(H,15,16);9H,4-7H2,1-3H3;1H/q;+1;/p-1. The predicted octanol–water partition coefficient (Wildman–Crippen LogP) is 2.56. The molecule has 5 nitrogen and oxygen atoms in total. The highest BCUT2D eigenvalue weighted by molar-refractivity contribution is 5.85. The van der Waals surface area contributed by atoms with Gasteiger partial charge in [-0.15, -0.1) is 12.4 Å². The maximum absolute atomic E-state index is 11.3. The number of carbonyl (C=O) groups is 1. The van der Waals surface area contributed by atoms with E-state index in [2.05, 4.69) is 20.9 Å². The van der Waals surface area contributed by atoms with Crippen molar-refractivity contribution < 1.29 is 24.2 Å². The lowest BCUT2D eigenvalue weighted by molar-refractivity contribution is -0.906. The summed E-state index contributed by atoms with van der Waals surface area (Å²) in [6, 6.07) is 14.3. The van der Waals surface area contributed by atoms with E-state index in [1.165, 1.54) is 0 Å². The van der Waals surface area contributed by atoms with Gasteiger partial charge in [-0.25, -0.2) is 0 Å². The fraction of sp³-hybridized carbons (Fsp3) is 0.381. The Labute approximate surface area is 167 Å². The molecule has 0 aromatic heterocycles. The van der Waals surface area contributed by atoms with Crippen molar-refractivity contribution in [3.8, 4) is 11.5 Å². The Morgan fingerprint density at radius 2 is 1.48 bits per heavy atom. The van der Waals surface area contributed by atoms with E-state index in [-0.39, 0.29) is 12.4 Å². The van der Waals surface area contributed by atoms with Gasteiger partial charge in [0.1, 0.15) is 18.0 Å². The smallest absolute Gasteiger partial charge is 0.131 e. The van der Waals surface area contributed by atoms with Gasteiger partial charge in [0.2, 0.25) is 0 Å². The molecule has 148 valence electrons. The summed E-state index contributed by atoms with van der Waals surface area (Å²) in [4.78, 5) is 11.3. The molecule has 0 aliphatic carbocycles. The highest BCUT2D eigenvalue weighted by Crippen LogP contribution is 2.43. The molecule has 2 aromatic carbocycles. The molecule has 0 fully saturated rings. The second-order valence-corrected chi connectivity index (χ2v) is 6.63. The van der Waals surface area contributed by atoms with Crippen molar-refractivity contribution in [1.82, 2.24) is 0 Å². The van der Waals surface area contributed by atoms with E-state index in [9.17, 15) is 9.90 Å². The number of nitrogens with zero attached hydrogens (tertiary/aromatic N) is 1. The highest BCUT2D eigenvalue weighted by Gasteiger charge is 2.27. The summed E-state index contributed by atoms with van der Waals surface area (Å²) in [5.41, 5.74) is 1.29. The molecule has 0 bridgehead atoms. The number of benzene rings is 2. The molecule has 0 amide bonds. The van der Waals surface area contributed by atoms with Crippen molar-refractivity contribution in [2.75, 3.05) is 33.3 Å². The van der Waals surface area contributed by atoms with E-state index in [1.54, 1.807) is 36.4 Å². The van der Waals surface area contributed by atoms with Crippen molar-refractivity contribution in [2.45, 2.75) is 19.8 Å². The zero-order chi connectivity index (χ0) is 19.2. The first-order valence-electron chi connectivity index (χ1n) is 8.96. The minimum atomic E-state index is -1.10. The van der Waals surface area contributed by atoms with E-state index in [4.69, 9.17) is 9.84 Å². The fourth-order valence-electron chi connectivity index (χ4n) is 2.95. The third-order valence-corrected chi connectivity index (χ3v) is 5.08. The Morgan fingerprint density at radius 3 is 1.81 bits per heavy atom. The lowest BCUT2D eigenvalue weighted by atomic mass is 9.88. The van der Waals surface area contributed by atoms with E-state index < -0.39 is 11.9 Å². The number of likely N-dealkylation sites (N-methyl/N-ethyl adjacent to an activating group) is 1. The number of carbonyl (C=O) groups excluding carboxylic acids is 1. The molecule has 1 N–H and O–H groups in total. The number of halogens is 1. The van der Waals surface area contributed by atoms with Crippen molar-refractivity contribution in [2.24, 2.45) is 0 Å². The van der Waals surface area contributed by atoms with Crippen LogP contribution in [-0.2, 0) is 4.79 Å². The molecule has 0 spiro atoms. The van der Waals surface area contributed by atoms with Crippen LogP contribution in [0.2, 0.25) is 0 Å². The van der Waals surface area contributed by atoms with Crippen LogP contribution >= 0.6 is 12.4 Å². The van der Waals surface area contributed by atoms with Gasteiger partial charge in [-0.3, -0.25) is 0 Å². The number of fused-ring (bicyclic) bond motifs is 2. The molecule has 1 aliphatic heterocycles. The largest absolute Gasteiger partial charge is 0.549 e. The van der Waals surface area contributed by atoms with Gasteiger partial charge in [0, 0.05) is 11.1 Å². The van der Waals surface area contributed by atoms with Crippen molar-refractivity contribution in [3.63, 3.8) is 0 Å². The topological polar surface area (TPSA) is 69.6 Å². The number of hydrogen-bond acceptors (Lipinski definition) is 4. The van der Waals surface area contributed by atoms with E-state index in [0.29, 0.717) is 29.2 Å². The number of para-hydroxylation sites is 2. The number of carboxylic acids is 1. The van der Waals surface area contributed by atoms with Crippen LogP contribution in [0.4, 0.5) is 0 Å². The molecule has 0 saturated carbocycles. The number of rotatable bonds is 5. The Balaban J connectivity index is 0.000000316. The SMILES string of the molecule is CC[N+](C)(CC)CCO.Cl.O=C([O-])C1c2ccccc2Oc2ccccc21. The number of quaternary nitrogens is 1. The van der Waals surface area contributed by atoms with Gasteiger partial charge in [0.15, 0.2) is 0 Å². The quantitative estimate of drug-likeness (QED) is 0.792. The number of aliphatic hydroxyl groups is 1. The molecule has 0 unspecified atom stereocenters. The number of aliphatic carboxylic acids is 1. The number of hydrogen-bond donors (Lipinski definition) is 1. The Morgan fingerprint density at radius 1 is 1.04 bits per heavy atom. The monoisotopic (exact) mass is 393 g/mol. The van der Waals surface area contributed by atoms with Crippen LogP contribution < -0.4 is 9.84 Å². The maximum atomic E-state index is 11.3. The molecule has 0 saturated heterocycles. The summed E-state index contributed by atoms with van der Waals surface area (Å²) in [6.07, 6.45) is 0. The summed E-state index contributed by atoms with van der Waals surface area (Å²) >= 11 is 0. The van der Waals surface area contributed by atoms with Crippen LogP contribution in [-0.4, -0.2) is 48.8 Å². The first-order chi connectivity index (χ1) is 12.5. The maximum Gasteiger partial charge on any atom is 0.131 e. The zero-order valence-corrected chi connectivity index (χ0v) is 16.9. The summed E-state index contributed by atoms with van der Waals surface area (Å²) in [5.74, 6) is -0.690. The second kappa shape index (κ2) is 10.3. The summed E-state index contributed by atoms with van der Waals surface area (Å²) in [7, 11) is 2.16. The van der Waals surface area contributed by atoms with Crippen LogP contribution in [0.5, 0.6) is 11.5 Å². The lowest BCUT2D eigenvalue weighted by Gasteiger charge is -2.31. The molecule has 27 heavy (non-hydrogen) atoms. The number of ether oxygens (including phenoxy) is 1. The fourth-order valence-corrected chi connectivity index (χ4v) is 2.95.